The first-order valence-corrected chi connectivity index (χ1v) is 9.21. The fourth-order valence-electron chi connectivity index (χ4n) is 2.31. The quantitative estimate of drug-likeness (QED) is 0.850. The number of carbonyl (C=O) groups excluding carboxylic acids is 1. The number of carbonyl (C=O) groups is 1. The molecule has 0 radical (unpaired) electrons. The van der Waals surface area contributed by atoms with E-state index in [4.69, 9.17) is 4.42 Å². The molecule has 0 saturated heterocycles. The number of sulfonamides is 1. The van der Waals surface area contributed by atoms with Gasteiger partial charge in [0.2, 0.25) is 10.0 Å². The third-order valence-electron chi connectivity index (χ3n) is 3.39. The number of hydrogen-bond acceptors (Lipinski definition) is 4. The van der Waals surface area contributed by atoms with Crippen molar-refractivity contribution >= 4 is 15.9 Å². The Labute approximate surface area is 146 Å². The molecule has 1 amide bonds. The molecule has 0 aliphatic heterocycles. The van der Waals surface area contributed by atoms with Crippen molar-refractivity contribution in [3.8, 4) is 0 Å². The van der Waals surface area contributed by atoms with Gasteiger partial charge in [-0.1, -0.05) is 0 Å². The first-order valence-electron chi connectivity index (χ1n) is 7.73. The minimum Gasteiger partial charge on any atom is -0.464 e. The average Bonchev–Trinajstić information content (AvgIpc) is 2.90. The molecule has 1 N–H and O–H groups in total. The number of aryl methyl sites for hydroxylation is 1. The lowest BCUT2D eigenvalue weighted by atomic mass is 10.2. The first kappa shape index (κ1) is 19.1. The SMILES string of the molecule is Cc1ccc(CN(C)C(=O)c2ccc(F)c(S(=O)(=O)NC(C)C)c2)o1. The highest BCUT2D eigenvalue weighted by molar-refractivity contribution is 7.89. The molecule has 0 spiro atoms. The number of hydrogen-bond donors (Lipinski definition) is 1. The molecule has 0 unspecified atom stereocenters. The number of furan rings is 1. The molecule has 1 aromatic heterocycles. The van der Waals surface area contributed by atoms with Gasteiger partial charge in [0.1, 0.15) is 22.2 Å². The second kappa shape index (κ2) is 7.37. The van der Waals surface area contributed by atoms with E-state index in [1.165, 1.54) is 11.0 Å². The van der Waals surface area contributed by atoms with E-state index in [1.807, 2.05) is 0 Å². The topological polar surface area (TPSA) is 79.6 Å². The van der Waals surface area contributed by atoms with Crippen LogP contribution in [0.2, 0.25) is 0 Å². The average molecular weight is 368 g/mol. The van der Waals surface area contributed by atoms with Crippen molar-refractivity contribution in [1.29, 1.82) is 0 Å². The Balaban J connectivity index is 2.27. The van der Waals surface area contributed by atoms with Crippen molar-refractivity contribution in [2.24, 2.45) is 0 Å². The highest BCUT2D eigenvalue weighted by Crippen LogP contribution is 2.19. The van der Waals surface area contributed by atoms with Crippen molar-refractivity contribution < 1.29 is 22.0 Å². The molecular formula is C17H21FN2O4S. The van der Waals surface area contributed by atoms with Crippen LogP contribution in [0.15, 0.2) is 39.6 Å². The molecule has 0 atom stereocenters. The van der Waals surface area contributed by atoms with Gasteiger partial charge < -0.3 is 9.32 Å². The Bertz CT molecular complexity index is 875. The van der Waals surface area contributed by atoms with Crippen molar-refractivity contribution in [2.45, 2.75) is 38.3 Å². The normalized spacial score (nSPS) is 11.8. The van der Waals surface area contributed by atoms with Crippen LogP contribution in [0, 0.1) is 12.7 Å². The van der Waals surface area contributed by atoms with Gasteiger partial charge in [-0.3, -0.25) is 4.79 Å². The molecule has 1 aromatic carbocycles. The van der Waals surface area contributed by atoms with E-state index in [2.05, 4.69) is 4.72 Å². The molecule has 8 heteroatoms. The van der Waals surface area contributed by atoms with E-state index < -0.39 is 32.7 Å². The number of halogens is 1. The summed E-state index contributed by atoms with van der Waals surface area (Å²) in [6, 6.07) is 6.43. The van der Waals surface area contributed by atoms with E-state index in [1.54, 1.807) is 40.0 Å². The van der Waals surface area contributed by atoms with Gasteiger partial charge in [-0.2, -0.15) is 0 Å². The highest BCUT2D eigenvalue weighted by atomic mass is 32.2. The van der Waals surface area contributed by atoms with Crippen LogP contribution >= 0.6 is 0 Å². The molecule has 0 aliphatic carbocycles. The van der Waals surface area contributed by atoms with Crippen LogP contribution < -0.4 is 4.72 Å². The zero-order chi connectivity index (χ0) is 18.8. The number of nitrogens with one attached hydrogen (secondary N) is 1. The molecule has 0 aliphatic rings. The maximum atomic E-state index is 14.0. The molecule has 0 bridgehead atoms. The summed E-state index contributed by atoms with van der Waals surface area (Å²) in [5, 5.41) is 0. The smallest absolute Gasteiger partial charge is 0.254 e. The van der Waals surface area contributed by atoms with Gasteiger partial charge in [0.15, 0.2) is 0 Å². The van der Waals surface area contributed by atoms with Gasteiger partial charge in [0.05, 0.1) is 6.54 Å². The molecule has 1 heterocycles. The van der Waals surface area contributed by atoms with E-state index in [9.17, 15) is 17.6 Å². The predicted molar refractivity (Wildman–Crippen MR) is 91.1 cm³/mol. The summed E-state index contributed by atoms with van der Waals surface area (Å²) in [6.45, 7) is 5.27. The Morgan fingerprint density at radius 3 is 2.52 bits per heavy atom. The Morgan fingerprint density at radius 1 is 1.28 bits per heavy atom. The Kier molecular flexibility index (Phi) is 5.64. The maximum Gasteiger partial charge on any atom is 0.254 e. The van der Waals surface area contributed by atoms with Gasteiger partial charge in [-0.05, 0) is 51.1 Å². The summed E-state index contributed by atoms with van der Waals surface area (Å²) in [6.07, 6.45) is 0. The predicted octanol–water partition coefficient (Wildman–Crippen LogP) is 2.69. The lowest BCUT2D eigenvalue weighted by Crippen LogP contribution is -2.31. The van der Waals surface area contributed by atoms with Crippen molar-refractivity contribution in [2.75, 3.05) is 7.05 Å². The molecule has 2 rings (SSSR count). The Morgan fingerprint density at radius 2 is 1.96 bits per heavy atom. The Hall–Kier alpha value is -2.19. The minimum atomic E-state index is -4.04. The molecule has 0 fully saturated rings. The summed E-state index contributed by atoms with van der Waals surface area (Å²) < 4.78 is 46.1. The van der Waals surface area contributed by atoms with Gasteiger partial charge >= 0.3 is 0 Å². The van der Waals surface area contributed by atoms with Gasteiger partial charge in [-0.25, -0.2) is 17.5 Å². The maximum absolute atomic E-state index is 14.0. The van der Waals surface area contributed by atoms with Crippen LogP contribution in [0.1, 0.15) is 35.7 Å². The largest absolute Gasteiger partial charge is 0.464 e. The highest BCUT2D eigenvalue weighted by Gasteiger charge is 2.23. The first-order chi connectivity index (χ1) is 11.6. The van der Waals surface area contributed by atoms with Crippen LogP contribution in [-0.2, 0) is 16.6 Å². The third kappa shape index (κ3) is 4.67. The summed E-state index contributed by atoms with van der Waals surface area (Å²) >= 11 is 0. The van der Waals surface area contributed by atoms with Gasteiger partial charge in [0.25, 0.3) is 5.91 Å². The van der Waals surface area contributed by atoms with Crippen molar-refractivity contribution in [3.63, 3.8) is 0 Å². The number of amides is 1. The number of benzene rings is 1. The summed E-state index contributed by atoms with van der Waals surface area (Å²) in [5.74, 6) is -0.0142. The third-order valence-corrected chi connectivity index (χ3v) is 5.07. The van der Waals surface area contributed by atoms with Crippen LogP contribution in [0.3, 0.4) is 0 Å². The van der Waals surface area contributed by atoms with Crippen LogP contribution in [0.25, 0.3) is 0 Å². The number of nitrogens with zero attached hydrogens (tertiary/aromatic N) is 1. The van der Waals surface area contributed by atoms with Crippen LogP contribution in [-0.4, -0.2) is 32.3 Å². The summed E-state index contributed by atoms with van der Waals surface area (Å²) in [7, 11) is -2.48. The monoisotopic (exact) mass is 368 g/mol. The molecular weight excluding hydrogens is 347 g/mol. The van der Waals surface area contributed by atoms with E-state index in [0.717, 1.165) is 17.9 Å². The van der Waals surface area contributed by atoms with Gasteiger partial charge in [0, 0.05) is 18.7 Å². The molecule has 6 nitrogen and oxygen atoms in total. The second-order valence-corrected chi connectivity index (χ2v) is 7.78. The van der Waals surface area contributed by atoms with E-state index in [-0.39, 0.29) is 12.1 Å². The lowest BCUT2D eigenvalue weighted by molar-refractivity contribution is 0.0774. The molecule has 136 valence electrons. The minimum absolute atomic E-state index is 0.0799. The van der Waals surface area contributed by atoms with E-state index >= 15 is 0 Å². The molecule has 25 heavy (non-hydrogen) atoms. The number of rotatable bonds is 6. The zero-order valence-corrected chi connectivity index (χ0v) is 15.4. The van der Waals surface area contributed by atoms with E-state index in [0.29, 0.717) is 5.76 Å². The van der Waals surface area contributed by atoms with Crippen LogP contribution in [0.5, 0.6) is 0 Å². The summed E-state index contributed by atoms with van der Waals surface area (Å²) in [5.41, 5.74) is 0.0799. The lowest BCUT2D eigenvalue weighted by Gasteiger charge is -2.17. The van der Waals surface area contributed by atoms with Crippen molar-refractivity contribution in [3.05, 3.63) is 53.2 Å². The standard InChI is InChI=1S/C17H21FN2O4S/c1-11(2)19-25(22,23)16-9-13(6-8-15(16)18)17(21)20(4)10-14-7-5-12(3)24-14/h5-9,11,19H,10H2,1-4H3. The fraction of sp³-hybridized carbons (Fsp3) is 0.353. The second-order valence-electron chi connectivity index (χ2n) is 6.09. The molecule has 0 saturated carbocycles. The summed E-state index contributed by atoms with van der Waals surface area (Å²) in [4.78, 5) is 13.3. The molecule has 2 aromatic rings. The van der Waals surface area contributed by atoms with Crippen LogP contribution in [0.4, 0.5) is 4.39 Å². The fourth-order valence-corrected chi connectivity index (χ4v) is 3.67. The zero-order valence-electron chi connectivity index (χ0n) is 14.5. The van der Waals surface area contributed by atoms with Gasteiger partial charge in [-0.15, -0.1) is 0 Å². The van der Waals surface area contributed by atoms with Crippen molar-refractivity contribution in [1.82, 2.24) is 9.62 Å².